The van der Waals surface area contributed by atoms with Gasteiger partial charge in [0.25, 0.3) is 10.0 Å². The van der Waals surface area contributed by atoms with Gasteiger partial charge in [-0.25, -0.2) is 8.42 Å². The molecule has 6 heteroatoms. The fourth-order valence-corrected chi connectivity index (χ4v) is 4.31. The van der Waals surface area contributed by atoms with Crippen molar-refractivity contribution in [3.63, 3.8) is 0 Å². The highest BCUT2D eigenvalue weighted by Crippen LogP contribution is 2.26. The van der Waals surface area contributed by atoms with Gasteiger partial charge in [-0.3, -0.25) is 4.72 Å². The third-order valence-electron chi connectivity index (χ3n) is 3.13. The Hall–Kier alpha value is -0.850. The lowest BCUT2D eigenvalue weighted by atomic mass is 10.1. The number of aryl methyl sites for hydroxylation is 2. The van der Waals surface area contributed by atoms with Crippen LogP contribution in [-0.4, -0.2) is 8.42 Å². The van der Waals surface area contributed by atoms with Crippen LogP contribution in [0.1, 0.15) is 18.1 Å². The Labute approximate surface area is 142 Å². The summed E-state index contributed by atoms with van der Waals surface area (Å²) in [6, 6.07) is 10.7. The minimum atomic E-state index is -3.61. The summed E-state index contributed by atoms with van der Waals surface area (Å²) >= 11 is 6.71. The van der Waals surface area contributed by atoms with Crippen LogP contribution < -0.4 is 4.72 Å². The van der Waals surface area contributed by atoms with Crippen LogP contribution in [0.4, 0.5) is 5.69 Å². The first-order valence-corrected chi connectivity index (χ1v) is 9.48. The van der Waals surface area contributed by atoms with Gasteiger partial charge in [-0.1, -0.05) is 44.8 Å². The Bertz CT molecular complexity index is 773. The van der Waals surface area contributed by atoms with E-state index in [4.69, 9.17) is 0 Å². The van der Waals surface area contributed by atoms with Gasteiger partial charge in [-0.2, -0.15) is 0 Å². The molecule has 0 saturated carbocycles. The van der Waals surface area contributed by atoms with E-state index in [9.17, 15) is 8.42 Å². The summed E-state index contributed by atoms with van der Waals surface area (Å²) in [6.07, 6.45) is 0.745. The maximum Gasteiger partial charge on any atom is 0.262 e. The van der Waals surface area contributed by atoms with Crippen molar-refractivity contribution in [2.45, 2.75) is 25.2 Å². The summed E-state index contributed by atoms with van der Waals surface area (Å²) in [6.45, 7) is 3.77. The Balaban J connectivity index is 2.45. The topological polar surface area (TPSA) is 46.2 Å². The molecule has 21 heavy (non-hydrogen) atoms. The van der Waals surface area contributed by atoms with Crippen molar-refractivity contribution in [3.05, 3.63) is 56.5 Å². The van der Waals surface area contributed by atoms with Gasteiger partial charge in [-0.05, 0) is 54.8 Å². The van der Waals surface area contributed by atoms with Crippen molar-refractivity contribution in [3.8, 4) is 0 Å². The molecule has 0 aliphatic rings. The van der Waals surface area contributed by atoms with E-state index in [2.05, 4.69) is 36.6 Å². The van der Waals surface area contributed by atoms with Gasteiger partial charge in [0.05, 0.1) is 10.6 Å². The number of rotatable bonds is 4. The Morgan fingerprint density at radius 3 is 2.33 bits per heavy atom. The maximum atomic E-state index is 12.6. The minimum Gasteiger partial charge on any atom is -0.279 e. The van der Waals surface area contributed by atoms with Gasteiger partial charge in [0, 0.05) is 8.95 Å². The van der Waals surface area contributed by atoms with Crippen molar-refractivity contribution < 1.29 is 8.42 Å². The standard InChI is InChI=1S/C15H15Br2NO2S/c1-3-11-8-12(16)6-7-14(11)18-21(19,20)15-9-13(17)5-4-10(15)2/h4-9,18H,3H2,1-2H3. The summed E-state index contributed by atoms with van der Waals surface area (Å²) in [7, 11) is -3.61. The van der Waals surface area contributed by atoms with Gasteiger partial charge < -0.3 is 0 Å². The minimum absolute atomic E-state index is 0.279. The number of benzene rings is 2. The van der Waals surface area contributed by atoms with Crippen LogP contribution >= 0.6 is 31.9 Å². The molecule has 0 fully saturated rings. The largest absolute Gasteiger partial charge is 0.279 e. The molecule has 0 amide bonds. The first kappa shape index (κ1) is 16.5. The lowest BCUT2D eigenvalue weighted by molar-refractivity contribution is 0.600. The van der Waals surface area contributed by atoms with Crippen molar-refractivity contribution in [2.24, 2.45) is 0 Å². The molecule has 0 radical (unpaired) electrons. The summed E-state index contributed by atoms with van der Waals surface area (Å²) in [4.78, 5) is 0.279. The van der Waals surface area contributed by atoms with E-state index in [0.717, 1.165) is 20.9 Å². The van der Waals surface area contributed by atoms with Crippen LogP contribution in [0.2, 0.25) is 0 Å². The Kier molecular flexibility index (Phi) is 5.11. The molecular formula is C15H15Br2NO2S. The molecule has 0 atom stereocenters. The van der Waals surface area contributed by atoms with Gasteiger partial charge in [-0.15, -0.1) is 0 Å². The first-order chi connectivity index (χ1) is 9.83. The summed E-state index contributed by atoms with van der Waals surface area (Å²) in [5, 5.41) is 0. The van der Waals surface area contributed by atoms with E-state index < -0.39 is 10.0 Å². The second-order valence-corrected chi connectivity index (χ2v) is 8.15. The molecule has 0 bridgehead atoms. The first-order valence-electron chi connectivity index (χ1n) is 6.41. The second kappa shape index (κ2) is 6.50. The highest BCUT2D eigenvalue weighted by Gasteiger charge is 2.18. The Morgan fingerprint density at radius 2 is 1.67 bits per heavy atom. The van der Waals surface area contributed by atoms with Crippen LogP contribution in [0, 0.1) is 6.92 Å². The smallest absolute Gasteiger partial charge is 0.262 e. The van der Waals surface area contributed by atoms with E-state index in [0.29, 0.717) is 11.3 Å². The van der Waals surface area contributed by atoms with Gasteiger partial charge in [0.2, 0.25) is 0 Å². The lowest BCUT2D eigenvalue weighted by Crippen LogP contribution is -2.15. The van der Waals surface area contributed by atoms with Crippen LogP contribution in [0.25, 0.3) is 0 Å². The fourth-order valence-electron chi connectivity index (χ4n) is 2.02. The number of anilines is 1. The maximum absolute atomic E-state index is 12.6. The highest BCUT2D eigenvalue weighted by molar-refractivity contribution is 9.10. The average Bonchev–Trinajstić information content (AvgIpc) is 2.43. The van der Waals surface area contributed by atoms with Gasteiger partial charge in [0.1, 0.15) is 0 Å². The molecule has 1 N–H and O–H groups in total. The summed E-state index contributed by atoms with van der Waals surface area (Å²) in [5.41, 5.74) is 2.27. The van der Waals surface area contributed by atoms with E-state index in [1.54, 1.807) is 25.1 Å². The number of hydrogen-bond donors (Lipinski definition) is 1. The quantitative estimate of drug-likeness (QED) is 0.747. The van der Waals surface area contributed by atoms with Crippen LogP contribution in [0.3, 0.4) is 0 Å². The molecule has 0 aliphatic carbocycles. The van der Waals surface area contributed by atoms with E-state index >= 15 is 0 Å². The van der Waals surface area contributed by atoms with E-state index in [1.807, 2.05) is 25.1 Å². The normalized spacial score (nSPS) is 11.4. The van der Waals surface area contributed by atoms with E-state index in [1.165, 1.54) is 0 Å². The zero-order valence-corrected chi connectivity index (χ0v) is 15.6. The molecule has 112 valence electrons. The average molecular weight is 433 g/mol. The summed E-state index contributed by atoms with van der Waals surface area (Å²) in [5.74, 6) is 0. The molecule has 3 nitrogen and oxygen atoms in total. The van der Waals surface area contributed by atoms with Crippen molar-refractivity contribution in [1.29, 1.82) is 0 Å². The number of sulfonamides is 1. The van der Waals surface area contributed by atoms with Crippen LogP contribution in [0.15, 0.2) is 50.2 Å². The van der Waals surface area contributed by atoms with Gasteiger partial charge >= 0.3 is 0 Å². The molecule has 2 aromatic carbocycles. The van der Waals surface area contributed by atoms with Crippen LogP contribution in [0.5, 0.6) is 0 Å². The fraction of sp³-hybridized carbons (Fsp3) is 0.200. The molecule has 0 unspecified atom stereocenters. The third-order valence-corrected chi connectivity index (χ3v) is 5.63. The van der Waals surface area contributed by atoms with Crippen LogP contribution in [-0.2, 0) is 16.4 Å². The molecule has 2 aromatic rings. The Morgan fingerprint density at radius 1 is 1.05 bits per heavy atom. The molecule has 2 rings (SSSR count). The molecule has 0 aromatic heterocycles. The predicted octanol–water partition coefficient (Wildman–Crippen LogP) is 4.88. The molecule has 0 saturated heterocycles. The zero-order chi connectivity index (χ0) is 15.6. The van der Waals surface area contributed by atoms with Crippen molar-refractivity contribution in [2.75, 3.05) is 4.72 Å². The number of halogens is 2. The second-order valence-electron chi connectivity index (χ2n) is 4.67. The molecular weight excluding hydrogens is 418 g/mol. The molecule has 0 spiro atoms. The van der Waals surface area contributed by atoms with Crippen molar-refractivity contribution >= 4 is 47.6 Å². The predicted molar refractivity (Wildman–Crippen MR) is 93.2 cm³/mol. The van der Waals surface area contributed by atoms with Gasteiger partial charge in [0.15, 0.2) is 0 Å². The third kappa shape index (κ3) is 3.87. The summed E-state index contributed by atoms with van der Waals surface area (Å²) < 4.78 is 29.5. The van der Waals surface area contributed by atoms with E-state index in [-0.39, 0.29) is 4.90 Å². The number of nitrogens with one attached hydrogen (secondary N) is 1. The zero-order valence-electron chi connectivity index (χ0n) is 11.7. The van der Waals surface area contributed by atoms with Crippen molar-refractivity contribution in [1.82, 2.24) is 0 Å². The molecule has 0 aliphatic heterocycles. The lowest BCUT2D eigenvalue weighted by Gasteiger charge is -2.14. The SMILES string of the molecule is CCc1cc(Br)ccc1NS(=O)(=O)c1cc(Br)ccc1C. The number of hydrogen-bond acceptors (Lipinski definition) is 2. The highest BCUT2D eigenvalue weighted by atomic mass is 79.9. The molecule has 0 heterocycles. The monoisotopic (exact) mass is 431 g/mol.